The van der Waals surface area contributed by atoms with Crippen LogP contribution in [0.2, 0.25) is 0 Å². The van der Waals surface area contributed by atoms with Crippen molar-refractivity contribution in [2.75, 3.05) is 172 Å². The number of carbonyl (C=O) groups excluding carboxylic acids is 5. The average molecular weight is 1460 g/mol. The van der Waals surface area contributed by atoms with Gasteiger partial charge in [0.1, 0.15) is 47.9 Å². The van der Waals surface area contributed by atoms with Crippen LogP contribution in [0.5, 0.6) is 5.75 Å². The van der Waals surface area contributed by atoms with E-state index < -0.39 is 105 Å². The molecule has 5 amide bonds. The smallest absolute Gasteiger partial charge is 0.224 e. The minimum absolute atomic E-state index is 0.00521. The van der Waals surface area contributed by atoms with Crippen LogP contribution in [-0.2, 0) is 96.7 Å². The molecule has 0 bridgehead atoms. The SMILES string of the molecule is O=C(CCOCC(COCCC(=O)NCCOCCO[C@H]1C[C@@H](O)[C@@H](O)[C@@H](CO)O1)(COCCC(=O)NCCOCCO[C@H]1C[C@@H](O)[C@@H](O)[C@@H](CO)O1)NC(=O)CCOCCOCCNC(=O)Cc1ccc(OI)cc1)NCCOCCO[C@H]1C[C@@H](O)[C@@H](O)[C@@H](CO)O1. The number of amides is 5. The summed E-state index contributed by atoms with van der Waals surface area (Å²) in [5.41, 5.74) is -0.637. The van der Waals surface area contributed by atoms with Gasteiger partial charge in [0.15, 0.2) is 41.9 Å². The van der Waals surface area contributed by atoms with Gasteiger partial charge in [-0.3, -0.25) is 24.0 Å². The van der Waals surface area contributed by atoms with Crippen molar-refractivity contribution in [3.8, 4) is 5.75 Å². The number of ether oxygens (including phenoxy) is 14. The van der Waals surface area contributed by atoms with Gasteiger partial charge in [0, 0.05) is 71.1 Å². The first-order chi connectivity index (χ1) is 45.0. The summed E-state index contributed by atoms with van der Waals surface area (Å²) >= 11 is 1.78. The topological polar surface area (TPSA) is 466 Å². The molecule has 536 valence electrons. The maximum Gasteiger partial charge on any atom is 0.224 e. The Morgan fingerprint density at radius 1 is 0.419 bits per heavy atom. The molecule has 3 saturated heterocycles. The summed E-state index contributed by atoms with van der Waals surface area (Å²) in [5, 5.41) is 102. The molecule has 1 aromatic rings. The van der Waals surface area contributed by atoms with E-state index in [0.29, 0.717) is 5.75 Å². The Labute approximate surface area is 554 Å². The van der Waals surface area contributed by atoms with Crippen LogP contribution in [0.3, 0.4) is 0 Å². The molecule has 4 rings (SSSR count). The first kappa shape index (κ1) is 81.6. The number of halogens is 1. The molecule has 12 atom stereocenters. The minimum atomic E-state index is -1.46. The van der Waals surface area contributed by atoms with E-state index in [0.717, 1.165) is 5.56 Å². The molecule has 0 aliphatic carbocycles. The number of rotatable bonds is 52. The molecule has 0 saturated carbocycles. The summed E-state index contributed by atoms with van der Waals surface area (Å²) < 4.78 is 83.9. The second kappa shape index (κ2) is 48.8. The van der Waals surface area contributed by atoms with Gasteiger partial charge in [-0.2, -0.15) is 0 Å². The summed E-state index contributed by atoms with van der Waals surface area (Å²) in [6, 6.07) is 7.13. The van der Waals surface area contributed by atoms with Crippen LogP contribution in [0, 0.1) is 0 Å². The Morgan fingerprint density at radius 2 is 0.731 bits per heavy atom. The van der Waals surface area contributed by atoms with Crippen LogP contribution in [0.4, 0.5) is 0 Å². The molecule has 3 aliphatic rings. The maximum absolute atomic E-state index is 13.7. The van der Waals surface area contributed by atoms with E-state index in [9.17, 15) is 69.9 Å². The molecule has 0 radical (unpaired) electrons. The van der Waals surface area contributed by atoms with Gasteiger partial charge in [0.25, 0.3) is 0 Å². The summed E-state index contributed by atoms with van der Waals surface area (Å²) in [7, 11) is 0. The molecular weight excluding hydrogens is 1360 g/mol. The molecule has 0 unspecified atom stereocenters. The second-order valence-electron chi connectivity index (χ2n) is 21.7. The van der Waals surface area contributed by atoms with Gasteiger partial charge >= 0.3 is 0 Å². The Bertz CT molecular complexity index is 2030. The van der Waals surface area contributed by atoms with Gasteiger partial charge in [-0.1, -0.05) is 12.1 Å². The number of carbonyl (C=O) groups is 5. The number of hydrogen-bond donors (Lipinski definition) is 14. The van der Waals surface area contributed by atoms with Crippen molar-refractivity contribution in [3.05, 3.63) is 29.8 Å². The Kier molecular flexibility index (Phi) is 42.8. The first-order valence-corrected chi connectivity index (χ1v) is 32.0. The molecule has 0 spiro atoms. The Hall–Kier alpha value is -3.82. The van der Waals surface area contributed by atoms with Crippen LogP contribution in [0.1, 0.15) is 50.5 Å². The third-order valence-electron chi connectivity index (χ3n) is 14.2. The molecule has 3 aliphatic heterocycles. The number of aliphatic hydroxyl groups excluding tert-OH is 9. The number of hydrogen-bond acceptors (Lipinski definition) is 29. The van der Waals surface area contributed by atoms with Crippen molar-refractivity contribution in [2.24, 2.45) is 0 Å². The van der Waals surface area contributed by atoms with Crippen molar-refractivity contribution in [3.63, 3.8) is 0 Å². The van der Waals surface area contributed by atoms with E-state index in [2.05, 4.69) is 26.6 Å². The summed E-state index contributed by atoms with van der Waals surface area (Å²) in [6.07, 6.45) is -12.9. The molecule has 3 heterocycles. The van der Waals surface area contributed by atoms with Crippen molar-refractivity contribution in [1.29, 1.82) is 0 Å². The van der Waals surface area contributed by atoms with Crippen molar-refractivity contribution in [1.82, 2.24) is 26.6 Å². The monoisotopic (exact) mass is 1460 g/mol. The third-order valence-corrected chi connectivity index (χ3v) is 14.7. The van der Waals surface area contributed by atoms with Crippen LogP contribution in [-0.4, -0.2) is 326 Å². The van der Waals surface area contributed by atoms with Crippen molar-refractivity contribution in [2.45, 2.75) is 131 Å². The van der Waals surface area contributed by atoms with E-state index in [1.54, 1.807) is 47.3 Å². The van der Waals surface area contributed by atoms with Crippen LogP contribution < -0.4 is 29.7 Å². The quantitative estimate of drug-likeness (QED) is 0.0214. The summed E-state index contributed by atoms with van der Waals surface area (Å²) in [4.78, 5) is 64.7. The molecule has 34 nitrogen and oxygen atoms in total. The second-order valence-corrected chi connectivity index (χ2v) is 22.1. The molecule has 0 aromatic heterocycles. The Morgan fingerprint density at radius 3 is 1.08 bits per heavy atom. The van der Waals surface area contributed by atoms with E-state index in [1.165, 1.54) is 0 Å². The van der Waals surface area contributed by atoms with Gasteiger partial charge in [-0.15, -0.1) is 0 Å². The lowest BCUT2D eigenvalue weighted by Gasteiger charge is -2.36. The number of aliphatic hydroxyl groups is 9. The first-order valence-electron chi connectivity index (χ1n) is 31.1. The highest BCUT2D eigenvalue weighted by Crippen LogP contribution is 2.24. The third kappa shape index (κ3) is 34.8. The minimum Gasteiger partial charge on any atom is -0.428 e. The highest BCUT2D eigenvalue weighted by molar-refractivity contribution is 14.1. The number of benzene rings is 1. The lowest BCUT2D eigenvalue weighted by atomic mass is 10.0. The fourth-order valence-corrected chi connectivity index (χ4v) is 9.43. The van der Waals surface area contributed by atoms with E-state index in [1.807, 2.05) is 0 Å². The molecule has 93 heavy (non-hydrogen) atoms. The van der Waals surface area contributed by atoms with E-state index in [-0.39, 0.29) is 227 Å². The fraction of sp³-hybridized carbons (Fsp3) is 0.810. The zero-order valence-electron chi connectivity index (χ0n) is 52.3. The lowest BCUT2D eigenvalue weighted by Crippen LogP contribution is -2.59. The summed E-state index contributed by atoms with van der Waals surface area (Å²) in [6.45, 7) is -0.641. The zero-order valence-corrected chi connectivity index (χ0v) is 54.5. The van der Waals surface area contributed by atoms with Gasteiger partial charge in [-0.25, -0.2) is 0 Å². The molecule has 14 N–H and O–H groups in total. The predicted molar refractivity (Wildman–Crippen MR) is 328 cm³/mol. The largest absolute Gasteiger partial charge is 0.428 e. The van der Waals surface area contributed by atoms with E-state index in [4.69, 9.17) is 69.4 Å². The highest BCUT2D eigenvalue weighted by Gasteiger charge is 2.39. The van der Waals surface area contributed by atoms with Crippen LogP contribution in [0.25, 0.3) is 0 Å². The van der Waals surface area contributed by atoms with Crippen LogP contribution in [0.15, 0.2) is 24.3 Å². The Balaban J connectivity index is 1.26. The van der Waals surface area contributed by atoms with Gasteiger partial charge in [-0.05, 0) is 17.7 Å². The van der Waals surface area contributed by atoms with Gasteiger partial charge in [0.2, 0.25) is 29.5 Å². The average Bonchev–Trinajstić information content (AvgIpc) is 1.16. The molecule has 3 fully saturated rings. The summed E-state index contributed by atoms with van der Waals surface area (Å²) in [5.74, 6) is -1.18. The fourth-order valence-electron chi connectivity index (χ4n) is 9.14. The number of nitrogens with one attached hydrogen (secondary N) is 5. The normalized spacial score (nSPS) is 24.1. The van der Waals surface area contributed by atoms with Gasteiger partial charge in [0.05, 0.1) is 170 Å². The molecule has 35 heteroatoms. The zero-order chi connectivity index (χ0) is 67.5. The van der Waals surface area contributed by atoms with Crippen molar-refractivity contribution < 1.29 is 139 Å². The molecule has 1 aromatic carbocycles. The standard InChI is InChI=1S/C58H98IN5O29/c59-93-40-3-1-39(2-4-40)29-51(75)63-12-20-80-22-21-79-13-8-50(74)64-58(36-84-14-5-47(71)60-9-17-81-23-26-87-52-30-41(68)55(76)44(33-65)90-52,37-85-15-6-48(72)61-10-18-82-24-27-88-53-31-42(69)56(77)45(34-66)91-53)38-86-16-7-49(73)62-11-19-83-25-28-89-54-32-43(70)57(78)46(35-67)92-54/h1-4,41-46,52-57,65-70,76-78H,5-38H2,(H,60,71)(H,61,72)(H,62,73)(H,63,75)(H,64,74)/t41-,42-,43-,44-,45-,46-,52-,53-,54-,55-,56-,57-/m1/s1. The van der Waals surface area contributed by atoms with Crippen molar-refractivity contribution >= 4 is 52.5 Å². The maximum atomic E-state index is 13.7. The predicted octanol–water partition coefficient (Wildman–Crippen LogP) is -5.49. The van der Waals surface area contributed by atoms with E-state index >= 15 is 0 Å². The van der Waals surface area contributed by atoms with Gasteiger partial charge < -0.3 is 142 Å². The van der Waals surface area contributed by atoms with Crippen LogP contribution >= 0.6 is 23.0 Å². The highest BCUT2D eigenvalue weighted by atomic mass is 127. The molecular formula is C58H98IN5O29. The lowest BCUT2D eigenvalue weighted by molar-refractivity contribution is -0.258.